The summed E-state index contributed by atoms with van der Waals surface area (Å²) >= 11 is 11.9. The van der Waals surface area contributed by atoms with Crippen LogP contribution < -0.4 is 5.32 Å². The first-order chi connectivity index (χ1) is 8.11. The second kappa shape index (κ2) is 7.41. The van der Waals surface area contributed by atoms with Gasteiger partial charge in [-0.05, 0) is 25.0 Å². The van der Waals surface area contributed by atoms with E-state index in [0.29, 0.717) is 16.5 Å². The third-order valence-electron chi connectivity index (χ3n) is 2.33. The van der Waals surface area contributed by atoms with Crippen LogP contribution in [0.25, 0.3) is 0 Å². The Balaban J connectivity index is 2.22. The number of hydrogen-bond donors (Lipinski definition) is 2. The molecule has 0 atom stereocenters. The van der Waals surface area contributed by atoms with E-state index in [-0.39, 0.29) is 6.42 Å². The van der Waals surface area contributed by atoms with Gasteiger partial charge in [0.1, 0.15) is 0 Å². The lowest BCUT2D eigenvalue weighted by Crippen LogP contribution is -2.02. The maximum Gasteiger partial charge on any atom is 0.303 e. The highest BCUT2D eigenvalue weighted by molar-refractivity contribution is 6.43. The second-order valence-corrected chi connectivity index (χ2v) is 4.52. The van der Waals surface area contributed by atoms with Crippen LogP contribution in [0, 0.1) is 0 Å². The predicted molar refractivity (Wildman–Crippen MR) is 71.1 cm³/mol. The van der Waals surface area contributed by atoms with Crippen LogP contribution in [0.4, 0.5) is 5.69 Å². The van der Waals surface area contributed by atoms with Gasteiger partial charge in [0, 0.05) is 13.0 Å². The van der Waals surface area contributed by atoms with Gasteiger partial charge in [0.05, 0.1) is 15.7 Å². The van der Waals surface area contributed by atoms with E-state index in [9.17, 15) is 4.79 Å². The summed E-state index contributed by atoms with van der Waals surface area (Å²) in [6.45, 7) is 0.764. The molecule has 0 saturated heterocycles. The van der Waals surface area contributed by atoms with E-state index in [2.05, 4.69) is 5.32 Å². The Morgan fingerprint density at radius 2 is 2.00 bits per heavy atom. The first-order valence-corrected chi connectivity index (χ1v) is 6.26. The minimum Gasteiger partial charge on any atom is -0.481 e. The molecule has 0 aliphatic carbocycles. The normalized spacial score (nSPS) is 10.2. The third-order valence-corrected chi connectivity index (χ3v) is 3.15. The fourth-order valence-electron chi connectivity index (χ4n) is 1.44. The van der Waals surface area contributed by atoms with Gasteiger partial charge in [-0.3, -0.25) is 4.79 Å². The van der Waals surface area contributed by atoms with Crippen molar-refractivity contribution in [2.75, 3.05) is 11.9 Å². The van der Waals surface area contributed by atoms with Crippen molar-refractivity contribution in [3.05, 3.63) is 28.2 Å². The molecule has 0 radical (unpaired) electrons. The average Bonchev–Trinajstić information content (AvgIpc) is 2.28. The monoisotopic (exact) mass is 275 g/mol. The smallest absolute Gasteiger partial charge is 0.303 e. The van der Waals surface area contributed by atoms with Gasteiger partial charge in [-0.1, -0.05) is 35.7 Å². The molecule has 1 aromatic carbocycles. The van der Waals surface area contributed by atoms with Crippen LogP contribution in [0.3, 0.4) is 0 Å². The SMILES string of the molecule is O=C(O)CCCCCNc1cccc(Cl)c1Cl. The lowest BCUT2D eigenvalue weighted by molar-refractivity contribution is -0.137. The van der Waals surface area contributed by atoms with E-state index in [0.717, 1.165) is 25.1 Å². The van der Waals surface area contributed by atoms with Gasteiger partial charge in [-0.25, -0.2) is 0 Å². The Hall–Kier alpha value is -0.930. The topological polar surface area (TPSA) is 49.3 Å². The minimum absolute atomic E-state index is 0.234. The zero-order valence-electron chi connectivity index (χ0n) is 9.38. The number of benzene rings is 1. The van der Waals surface area contributed by atoms with Gasteiger partial charge in [0.15, 0.2) is 0 Å². The van der Waals surface area contributed by atoms with Gasteiger partial charge >= 0.3 is 5.97 Å². The molecule has 0 aliphatic heterocycles. The zero-order valence-corrected chi connectivity index (χ0v) is 10.9. The van der Waals surface area contributed by atoms with E-state index in [1.54, 1.807) is 6.07 Å². The van der Waals surface area contributed by atoms with Crippen molar-refractivity contribution < 1.29 is 9.90 Å². The maximum atomic E-state index is 10.3. The Morgan fingerprint density at radius 1 is 1.24 bits per heavy atom. The lowest BCUT2D eigenvalue weighted by Gasteiger charge is -2.08. The van der Waals surface area contributed by atoms with E-state index in [4.69, 9.17) is 28.3 Å². The number of hydrogen-bond acceptors (Lipinski definition) is 2. The van der Waals surface area contributed by atoms with Gasteiger partial charge in [-0.15, -0.1) is 0 Å². The minimum atomic E-state index is -0.740. The maximum absolute atomic E-state index is 10.3. The van der Waals surface area contributed by atoms with Crippen molar-refractivity contribution >= 4 is 34.9 Å². The summed E-state index contributed by atoms with van der Waals surface area (Å²) in [5, 5.41) is 12.7. The average molecular weight is 276 g/mol. The molecule has 0 aliphatic rings. The molecule has 0 unspecified atom stereocenters. The van der Waals surface area contributed by atoms with Gasteiger partial charge in [0.25, 0.3) is 0 Å². The highest BCUT2D eigenvalue weighted by atomic mass is 35.5. The Morgan fingerprint density at radius 3 is 2.71 bits per heavy atom. The number of rotatable bonds is 7. The largest absolute Gasteiger partial charge is 0.481 e. The van der Waals surface area contributed by atoms with Crippen LogP contribution >= 0.6 is 23.2 Å². The Labute approximate surface area is 111 Å². The molecule has 0 aromatic heterocycles. The van der Waals surface area contributed by atoms with Crippen molar-refractivity contribution in [2.45, 2.75) is 25.7 Å². The molecule has 0 amide bonds. The molecule has 5 heteroatoms. The van der Waals surface area contributed by atoms with Crippen LogP contribution in [0.2, 0.25) is 10.0 Å². The Kier molecular flexibility index (Phi) is 6.16. The molecule has 3 nitrogen and oxygen atoms in total. The number of halogens is 2. The second-order valence-electron chi connectivity index (χ2n) is 3.73. The Bertz CT molecular complexity index is 383. The number of carboxylic acid groups (broad SMARTS) is 1. The van der Waals surface area contributed by atoms with Crippen molar-refractivity contribution in [1.29, 1.82) is 0 Å². The third kappa shape index (κ3) is 5.29. The van der Waals surface area contributed by atoms with E-state index in [1.165, 1.54) is 0 Å². The summed E-state index contributed by atoms with van der Waals surface area (Å²) in [6, 6.07) is 5.44. The number of aliphatic carboxylic acids is 1. The van der Waals surface area contributed by atoms with Crippen molar-refractivity contribution in [3.8, 4) is 0 Å². The van der Waals surface area contributed by atoms with Crippen LogP contribution in [-0.4, -0.2) is 17.6 Å². The first kappa shape index (κ1) is 14.1. The fourth-order valence-corrected chi connectivity index (χ4v) is 1.81. The van der Waals surface area contributed by atoms with Gasteiger partial charge < -0.3 is 10.4 Å². The van der Waals surface area contributed by atoms with Crippen molar-refractivity contribution in [1.82, 2.24) is 0 Å². The lowest BCUT2D eigenvalue weighted by atomic mass is 10.2. The standard InChI is InChI=1S/C12H15Cl2NO2/c13-9-5-4-6-10(12(9)14)15-8-3-1-2-7-11(16)17/h4-6,15H,1-3,7-8H2,(H,16,17). The number of carbonyl (C=O) groups is 1. The highest BCUT2D eigenvalue weighted by Crippen LogP contribution is 2.29. The molecule has 0 saturated carbocycles. The molecular weight excluding hydrogens is 261 g/mol. The molecule has 0 bridgehead atoms. The predicted octanol–water partition coefficient (Wildman–Crippen LogP) is 4.05. The van der Waals surface area contributed by atoms with Crippen molar-refractivity contribution in [3.63, 3.8) is 0 Å². The van der Waals surface area contributed by atoms with E-state index in [1.807, 2.05) is 12.1 Å². The summed E-state index contributed by atoms with van der Waals surface area (Å²) in [6.07, 6.45) is 2.74. The van der Waals surface area contributed by atoms with Crippen LogP contribution in [-0.2, 0) is 4.79 Å². The number of unbranched alkanes of at least 4 members (excludes halogenated alkanes) is 2. The van der Waals surface area contributed by atoms with Crippen molar-refractivity contribution in [2.24, 2.45) is 0 Å². The molecule has 17 heavy (non-hydrogen) atoms. The zero-order chi connectivity index (χ0) is 12.7. The quantitative estimate of drug-likeness (QED) is 0.738. The summed E-state index contributed by atoms with van der Waals surface area (Å²) in [7, 11) is 0. The number of nitrogens with one attached hydrogen (secondary N) is 1. The number of carboxylic acids is 1. The molecule has 0 heterocycles. The van der Waals surface area contributed by atoms with E-state index < -0.39 is 5.97 Å². The molecule has 0 spiro atoms. The van der Waals surface area contributed by atoms with E-state index >= 15 is 0 Å². The van der Waals surface area contributed by atoms with Crippen LogP contribution in [0.1, 0.15) is 25.7 Å². The molecular formula is C12H15Cl2NO2. The van der Waals surface area contributed by atoms with Gasteiger partial charge in [-0.2, -0.15) is 0 Å². The summed E-state index contributed by atoms with van der Waals surface area (Å²) < 4.78 is 0. The van der Waals surface area contributed by atoms with Gasteiger partial charge in [0.2, 0.25) is 0 Å². The summed E-state index contributed by atoms with van der Waals surface area (Å²) in [5.74, 6) is -0.740. The first-order valence-electron chi connectivity index (χ1n) is 5.51. The number of anilines is 1. The highest BCUT2D eigenvalue weighted by Gasteiger charge is 2.03. The molecule has 1 aromatic rings. The fraction of sp³-hybridized carbons (Fsp3) is 0.417. The summed E-state index contributed by atoms with van der Waals surface area (Å²) in [4.78, 5) is 10.3. The van der Waals surface area contributed by atoms with Crippen LogP contribution in [0.15, 0.2) is 18.2 Å². The summed E-state index contributed by atoms with van der Waals surface area (Å²) in [5.41, 5.74) is 0.817. The van der Waals surface area contributed by atoms with Crippen LogP contribution in [0.5, 0.6) is 0 Å². The molecule has 0 fully saturated rings. The molecule has 94 valence electrons. The molecule has 1 rings (SSSR count). The molecule has 2 N–H and O–H groups in total.